The van der Waals surface area contributed by atoms with Crippen molar-refractivity contribution in [3.8, 4) is 0 Å². The van der Waals surface area contributed by atoms with Crippen molar-refractivity contribution in [1.82, 2.24) is 5.32 Å². The molecule has 0 bridgehead atoms. The number of hydrogen-bond donors (Lipinski definition) is 1. The minimum absolute atomic E-state index is 0.0946. The zero-order chi connectivity index (χ0) is 19.1. The van der Waals surface area contributed by atoms with Gasteiger partial charge in [0.1, 0.15) is 17.9 Å². The van der Waals surface area contributed by atoms with E-state index in [1.807, 2.05) is 0 Å². The molecule has 0 saturated heterocycles. The van der Waals surface area contributed by atoms with E-state index in [0.717, 1.165) is 12.1 Å². The van der Waals surface area contributed by atoms with E-state index in [4.69, 9.17) is 9.15 Å². The molecule has 26 heavy (non-hydrogen) atoms. The van der Waals surface area contributed by atoms with Gasteiger partial charge in [0, 0.05) is 25.3 Å². The third kappa shape index (κ3) is 4.86. The van der Waals surface area contributed by atoms with Crippen LogP contribution in [0, 0.1) is 27.2 Å². The first kappa shape index (κ1) is 19.1. The van der Waals surface area contributed by atoms with Gasteiger partial charge in [-0.05, 0) is 25.5 Å². The highest BCUT2D eigenvalue weighted by Crippen LogP contribution is 2.29. The van der Waals surface area contributed by atoms with Crippen LogP contribution < -0.4 is 5.32 Å². The molecule has 2 aromatic rings. The Kier molecular flexibility index (Phi) is 6.39. The number of benzene rings is 1. The van der Waals surface area contributed by atoms with Gasteiger partial charge in [0.25, 0.3) is 17.3 Å². The smallest absolute Gasteiger partial charge is 0.279 e. The lowest BCUT2D eigenvalue weighted by molar-refractivity contribution is -0.395. The van der Waals surface area contributed by atoms with Crippen LogP contribution in [0.3, 0.4) is 0 Å². The molecule has 0 saturated carbocycles. The lowest BCUT2D eigenvalue weighted by Gasteiger charge is -2.07. The number of nitro benzene ring substituents is 2. The minimum atomic E-state index is -0.748. The van der Waals surface area contributed by atoms with Crippen molar-refractivity contribution >= 4 is 17.3 Å². The predicted molar refractivity (Wildman–Crippen MR) is 89.8 cm³/mol. The summed E-state index contributed by atoms with van der Waals surface area (Å²) in [6.45, 7) is 2.22. The van der Waals surface area contributed by atoms with E-state index < -0.39 is 27.1 Å². The summed E-state index contributed by atoms with van der Waals surface area (Å²) in [6.07, 6.45) is 2.04. The largest absolute Gasteiger partial charge is 0.467 e. The first-order valence-corrected chi connectivity index (χ1v) is 7.72. The molecule has 0 aliphatic heterocycles. The van der Waals surface area contributed by atoms with Crippen molar-refractivity contribution in [2.24, 2.45) is 0 Å². The minimum Gasteiger partial charge on any atom is -0.467 e. The number of ether oxygens (including phenoxy) is 1. The second-order valence-corrected chi connectivity index (χ2v) is 5.40. The molecule has 1 N–H and O–H groups in total. The fourth-order valence-electron chi connectivity index (χ4n) is 2.24. The Morgan fingerprint density at radius 2 is 1.88 bits per heavy atom. The first-order valence-electron chi connectivity index (χ1n) is 7.72. The van der Waals surface area contributed by atoms with Crippen molar-refractivity contribution in [2.45, 2.75) is 20.0 Å². The molecule has 0 aliphatic carbocycles. The molecule has 1 aromatic heterocycles. The highest BCUT2D eigenvalue weighted by molar-refractivity contribution is 5.96. The van der Waals surface area contributed by atoms with Crippen LogP contribution in [0.4, 0.5) is 11.4 Å². The summed E-state index contributed by atoms with van der Waals surface area (Å²) < 4.78 is 10.5. The van der Waals surface area contributed by atoms with Gasteiger partial charge < -0.3 is 14.5 Å². The highest BCUT2D eigenvalue weighted by Gasteiger charge is 2.25. The SMILES string of the molecule is Cc1c([N+](=O)[O-])cc(C(=O)NCCCOCc2ccco2)cc1[N+](=O)[O-]. The van der Waals surface area contributed by atoms with Crippen LogP contribution in [0.15, 0.2) is 34.9 Å². The van der Waals surface area contributed by atoms with Crippen LogP contribution in [0.1, 0.15) is 28.1 Å². The Labute approximate surface area is 148 Å². The molecule has 1 aromatic carbocycles. The van der Waals surface area contributed by atoms with E-state index in [1.165, 1.54) is 6.92 Å². The molecule has 0 radical (unpaired) electrons. The average molecular weight is 363 g/mol. The fourth-order valence-corrected chi connectivity index (χ4v) is 2.24. The normalized spacial score (nSPS) is 10.5. The Morgan fingerprint density at radius 3 is 2.42 bits per heavy atom. The standard InChI is InChI=1S/C16H17N3O7/c1-11-14(18(21)22)8-12(9-15(11)19(23)24)16(20)17-5-3-6-25-10-13-4-2-7-26-13/h2,4,7-9H,3,5-6,10H2,1H3,(H,17,20). The molecule has 0 aliphatic rings. The van der Waals surface area contributed by atoms with Crippen molar-refractivity contribution < 1.29 is 23.8 Å². The Bertz CT molecular complexity index is 767. The van der Waals surface area contributed by atoms with Crippen molar-refractivity contribution in [1.29, 1.82) is 0 Å². The number of rotatable bonds is 9. The van der Waals surface area contributed by atoms with Gasteiger partial charge in [0.15, 0.2) is 0 Å². The molecule has 2 rings (SSSR count). The van der Waals surface area contributed by atoms with E-state index in [1.54, 1.807) is 18.4 Å². The number of hydrogen-bond acceptors (Lipinski definition) is 7. The van der Waals surface area contributed by atoms with Crippen LogP contribution >= 0.6 is 0 Å². The van der Waals surface area contributed by atoms with Gasteiger partial charge in [-0.15, -0.1) is 0 Å². The lowest BCUT2D eigenvalue weighted by Crippen LogP contribution is -2.25. The zero-order valence-electron chi connectivity index (χ0n) is 14.0. The Morgan fingerprint density at radius 1 is 1.23 bits per heavy atom. The van der Waals surface area contributed by atoms with Gasteiger partial charge in [-0.3, -0.25) is 25.0 Å². The Balaban J connectivity index is 1.90. The van der Waals surface area contributed by atoms with Gasteiger partial charge in [0.05, 0.1) is 21.7 Å². The second-order valence-electron chi connectivity index (χ2n) is 5.40. The zero-order valence-corrected chi connectivity index (χ0v) is 14.0. The van der Waals surface area contributed by atoms with Gasteiger partial charge in [0.2, 0.25) is 0 Å². The van der Waals surface area contributed by atoms with E-state index in [0.29, 0.717) is 25.4 Å². The van der Waals surface area contributed by atoms with Gasteiger partial charge >= 0.3 is 0 Å². The number of nitrogens with one attached hydrogen (secondary N) is 1. The van der Waals surface area contributed by atoms with Crippen molar-refractivity contribution in [3.63, 3.8) is 0 Å². The van der Waals surface area contributed by atoms with Crippen molar-refractivity contribution in [3.05, 3.63) is 67.6 Å². The topological polar surface area (TPSA) is 138 Å². The molecular weight excluding hydrogens is 346 g/mol. The molecule has 0 unspecified atom stereocenters. The van der Waals surface area contributed by atoms with E-state index in [2.05, 4.69) is 5.32 Å². The number of carbonyl (C=O) groups is 1. The summed E-state index contributed by atoms with van der Waals surface area (Å²) in [6, 6.07) is 5.59. The summed E-state index contributed by atoms with van der Waals surface area (Å²) in [5.74, 6) is 0.0653. The van der Waals surface area contributed by atoms with E-state index in [9.17, 15) is 25.0 Å². The number of nitro groups is 2. The molecule has 0 fully saturated rings. The van der Waals surface area contributed by atoms with Gasteiger partial charge in [-0.1, -0.05) is 0 Å². The second kappa shape index (κ2) is 8.72. The summed E-state index contributed by atoms with van der Waals surface area (Å²) in [4.78, 5) is 32.7. The molecule has 0 atom stereocenters. The lowest BCUT2D eigenvalue weighted by atomic mass is 10.1. The van der Waals surface area contributed by atoms with Gasteiger partial charge in [-0.2, -0.15) is 0 Å². The number of nitrogens with zero attached hydrogens (tertiary/aromatic N) is 2. The molecule has 138 valence electrons. The molecule has 10 heteroatoms. The predicted octanol–water partition coefficient (Wildman–Crippen LogP) is 2.74. The van der Waals surface area contributed by atoms with Crippen LogP contribution in [0.25, 0.3) is 0 Å². The van der Waals surface area contributed by atoms with Crippen LogP contribution in [-0.2, 0) is 11.3 Å². The maximum absolute atomic E-state index is 12.1. The third-order valence-corrected chi connectivity index (χ3v) is 3.58. The number of carbonyl (C=O) groups excluding carboxylic acids is 1. The quantitative estimate of drug-likeness (QED) is 0.410. The van der Waals surface area contributed by atoms with Crippen LogP contribution in [0.2, 0.25) is 0 Å². The molecule has 1 heterocycles. The van der Waals surface area contributed by atoms with Gasteiger partial charge in [-0.25, -0.2) is 0 Å². The summed E-state index contributed by atoms with van der Waals surface area (Å²) in [5, 5.41) is 24.6. The Hall–Kier alpha value is -3.27. The number of furan rings is 1. The average Bonchev–Trinajstić information content (AvgIpc) is 3.10. The van der Waals surface area contributed by atoms with Crippen molar-refractivity contribution in [2.75, 3.05) is 13.2 Å². The van der Waals surface area contributed by atoms with Crippen LogP contribution in [0.5, 0.6) is 0 Å². The molecule has 10 nitrogen and oxygen atoms in total. The molecule has 1 amide bonds. The summed E-state index contributed by atoms with van der Waals surface area (Å²) in [7, 11) is 0. The monoisotopic (exact) mass is 363 g/mol. The third-order valence-electron chi connectivity index (χ3n) is 3.58. The molecular formula is C16H17N3O7. The first-order chi connectivity index (χ1) is 12.4. The van der Waals surface area contributed by atoms with Crippen LogP contribution in [-0.4, -0.2) is 28.9 Å². The summed E-state index contributed by atoms with van der Waals surface area (Å²) >= 11 is 0. The number of amides is 1. The van der Waals surface area contributed by atoms with E-state index >= 15 is 0 Å². The molecule has 0 spiro atoms. The fraction of sp³-hybridized carbons (Fsp3) is 0.312. The van der Waals surface area contributed by atoms with E-state index in [-0.39, 0.29) is 17.7 Å². The maximum atomic E-state index is 12.1. The highest BCUT2D eigenvalue weighted by atomic mass is 16.6. The summed E-state index contributed by atoms with van der Waals surface area (Å²) in [5.41, 5.74) is -1.16. The maximum Gasteiger partial charge on any atom is 0.279 e.